The van der Waals surface area contributed by atoms with Crippen molar-refractivity contribution in [2.45, 2.75) is 69.5 Å². The third-order valence-corrected chi connectivity index (χ3v) is 15.0. The van der Waals surface area contributed by atoms with E-state index in [2.05, 4.69) is 84.2 Å². The maximum atomic E-state index is 12.4. The van der Waals surface area contributed by atoms with Crippen LogP contribution in [0.5, 0.6) is 5.75 Å². The Kier molecular flexibility index (Phi) is 10.7. The van der Waals surface area contributed by atoms with Crippen molar-refractivity contribution >= 4 is 24.9 Å². The second-order valence-corrected chi connectivity index (χ2v) is 18.5. The third-order valence-electron chi connectivity index (χ3n) is 10.6. The van der Waals surface area contributed by atoms with Crippen LogP contribution in [0, 0.1) is 5.92 Å². The molecule has 48 heavy (non-hydrogen) atoms. The summed E-state index contributed by atoms with van der Waals surface area (Å²) in [6, 6.07) is 27.1. The number of aliphatic hydroxyl groups excluding tert-OH is 1. The number of hydrogen-bond donors (Lipinski definition) is 2. The van der Waals surface area contributed by atoms with E-state index in [9.17, 15) is 9.90 Å². The van der Waals surface area contributed by atoms with E-state index >= 15 is 0 Å². The lowest BCUT2D eigenvalue weighted by atomic mass is 9.95. The van der Waals surface area contributed by atoms with E-state index in [4.69, 9.17) is 9.47 Å². The third kappa shape index (κ3) is 7.42. The molecule has 2 fully saturated rings. The standard InChI is InChI=1S/C38H49N5O4Si/c1-27-35(19-12-28-10-13-30(14-11-28)43-23-21-39-24-37(43)45)47-36(38(27)48(3,4)32-17-15-31(46-2)16-18-32)20-22-42-25-34(40-41-42)33(26-44)29-8-6-5-7-9-29/h5-11,13-18,25,27,33,35-36,38-39,44H,12,19-24,26H2,1-4H3/t27-,33?,35+,36-,38+/m0/s1. The lowest BCUT2D eigenvalue weighted by Crippen LogP contribution is -2.50. The smallest absolute Gasteiger partial charge is 0.240 e. The minimum absolute atomic E-state index is 0.0199. The van der Waals surface area contributed by atoms with Gasteiger partial charge in [0, 0.05) is 31.5 Å². The van der Waals surface area contributed by atoms with Gasteiger partial charge in [0.25, 0.3) is 0 Å². The van der Waals surface area contributed by atoms with Crippen LogP contribution in [0.25, 0.3) is 0 Å². The zero-order valence-corrected chi connectivity index (χ0v) is 29.6. The Morgan fingerprint density at radius 1 is 1.02 bits per heavy atom. The average molecular weight is 668 g/mol. The summed E-state index contributed by atoms with van der Waals surface area (Å²) in [6.45, 7) is 9.92. The molecule has 5 atom stereocenters. The van der Waals surface area contributed by atoms with E-state index in [1.54, 1.807) is 7.11 Å². The number of benzene rings is 3. The lowest BCUT2D eigenvalue weighted by molar-refractivity contribution is -0.118. The van der Waals surface area contributed by atoms with Gasteiger partial charge in [-0.15, -0.1) is 5.10 Å². The van der Waals surface area contributed by atoms with Crippen LogP contribution in [0.3, 0.4) is 0 Å². The summed E-state index contributed by atoms with van der Waals surface area (Å²) >= 11 is 0. The first-order chi connectivity index (χ1) is 23.3. The number of piperazine rings is 1. The number of nitrogens with zero attached hydrogens (tertiary/aromatic N) is 4. The highest BCUT2D eigenvalue weighted by Crippen LogP contribution is 2.46. The molecule has 10 heteroatoms. The van der Waals surface area contributed by atoms with E-state index in [-0.39, 0.29) is 30.6 Å². The summed E-state index contributed by atoms with van der Waals surface area (Å²) in [5, 5.41) is 23.6. The number of aryl methyl sites for hydroxylation is 2. The maximum absolute atomic E-state index is 12.4. The molecular weight excluding hydrogens is 619 g/mol. The second-order valence-electron chi connectivity index (χ2n) is 13.8. The molecule has 0 radical (unpaired) electrons. The van der Waals surface area contributed by atoms with Crippen LogP contribution < -0.4 is 20.1 Å². The van der Waals surface area contributed by atoms with Gasteiger partial charge in [-0.1, -0.05) is 85.0 Å². The molecule has 254 valence electrons. The van der Waals surface area contributed by atoms with Crippen LogP contribution in [0.15, 0.2) is 85.1 Å². The van der Waals surface area contributed by atoms with Gasteiger partial charge in [-0.2, -0.15) is 0 Å². The number of nitrogens with one attached hydrogen (secondary N) is 1. The maximum Gasteiger partial charge on any atom is 0.240 e. The van der Waals surface area contributed by atoms with Gasteiger partial charge in [0.15, 0.2) is 0 Å². The van der Waals surface area contributed by atoms with Crippen molar-refractivity contribution in [3.8, 4) is 5.75 Å². The monoisotopic (exact) mass is 667 g/mol. The fourth-order valence-corrected chi connectivity index (χ4v) is 12.0. The average Bonchev–Trinajstić information content (AvgIpc) is 3.71. The summed E-state index contributed by atoms with van der Waals surface area (Å²) in [5.74, 6) is 1.18. The fraction of sp³-hybridized carbons (Fsp3) is 0.447. The van der Waals surface area contributed by atoms with Crippen molar-refractivity contribution in [3.05, 3.63) is 102 Å². The van der Waals surface area contributed by atoms with E-state index in [0.717, 1.165) is 48.5 Å². The fourth-order valence-electron chi connectivity index (χ4n) is 7.84. The number of aliphatic hydroxyl groups is 1. The molecule has 1 amide bonds. The number of aromatic nitrogens is 3. The van der Waals surface area contributed by atoms with Gasteiger partial charge in [0.1, 0.15) is 5.75 Å². The minimum Gasteiger partial charge on any atom is -0.497 e. The van der Waals surface area contributed by atoms with Crippen LogP contribution >= 0.6 is 0 Å². The molecule has 1 unspecified atom stereocenters. The number of carbonyl (C=O) groups excluding carboxylic acids is 1. The zero-order chi connectivity index (χ0) is 33.7. The molecule has 2 aliphatic rings. The van der Waals surface area contributed by atoms with E-state index < -0.39 is 8.07 Å². The van der Waals surface area contributed by atoms with E-state index in [1.165, 1.54) is 10.8 Å². The van der Waals surface area contributed by atoms with Crippen molar-refractivity contribution in [1.82, 2.24) is 20.3 Å². The highest BCUT2D eigenvalue weighted by molar-refractivity contribution is 6.91. The zero-order valence-electron chi connectivity index (χ0n) is 28.6. The Balaban J connectivity index is 1.17. The number of amides is 1. The van der Waals surface area contributed by atoms with Crippen LogP contribution in [-0.4, -0.2) is 79.6 Å². The number of hydrogen-bond acceptors (Lipinski definition) is 7. The van der Waals surface area contributed by atoms with Crippen molar-refractivity contribution in [2.24, 2.45) is 5.92 Å². The van der Waals surface area contributed by atoms with Gasteiger partial charge in [0.05, 0.1) is 52.2 Å². The van der Waals surface area contributed by atoms with Crippen molar-refractivity contribution in [3.63, 3.8) is 0 Å². The predicted octanol–water partition coefficient (Wildman–Crippen LogP) is 4.76. The molecule has 0 spiro atoms. The molecule has 2 aliphatic heterocycles. The molecule has 6 rings (SSSR count). The Morgan fingerprint density at radius 2 is 1.77 bits per heavy atom. The SMILES string of the molecule is COc1ccc([Si](C)(C)[C@@H]2[C@@H](C)[C@@H](CCc3ccc(N4CCNCC4=O)cc3)O[C@H]2CCn2cc(C(CO)c3ccccc3)nn2)cc1. The van der Waals surface area contributed by atoms with Gasteiger partial charge in [-0.3, -0.25) is 9.48 Å². The molecule has 4 aromatic rings. The van der Waals surface area contributed by atoms with Gasteiger partial charge in [0.2, 0.25) is 5.91 Å². The number of anilines is 1. The van der Waals surface area contributed by atoms with Crippen molar-refractivity contribution in [2.75, 3.05) is 38.3 Å². The highest BCUT2D eigenvalue weighted by atomic mass is 28.3. The largest absolute Gasteiger partial charge is 0.497 e. The molecule has 2 N–H and O–H groups in total. The summed E-state index contributed by atoms with van der Waals surface area (Å²) < 4.78 is 14.4. The minimum atomic E-state index is -1.99. The molecule has 0 saturated carbocycles. The number of carbonyl (C=O) groups is 1. The molecular formula is C38H49N5O4Si. The molecule has 0 aliphatic carbocycles. The van der Waals surface area contributed by atoms with Crippen molar-refractivity contribution < 1.29 is 19.4 Å². The van der Waals surface area contributed by atoms with Gasteiger partial charge in [-0.25, -0.2) is 0 Å². The molecule has 0 bridgehead atoms. The highest BCUT2D eigenvalue weighted by Gasteiger charge is 2.50. The first-order valence-electron chi connectivity index (χ1n) is 17.2. The van der Waals surface area contributed by atoms with Gasteiger partial charge in [-0.05, 0) is 66.1 Å². The molecule has 3 heterocycles. The van der Waals surface area contributed by atoms with Crippen LogP contribution in [-0.2, 0) is 22.5 Å². The first kappa shape index (κ1) is 34.0. The molecule has 1 aromatic heterocycles. The Labute approximate surface area is 285 Å². The normalized spacial score (nSPS) is 22.2. The molecule has 2 saturated heterocycles. The quantitative estimate of drug-likeness (QED) is 0.198. The van der Waals surface area contributed by atoms with Crippen LogP contribution in [0.1, 0.15) is 42.5 Å². The summed E-state index contributed by atoms with van der Waals surface area (Å²) in [6.07, 6.45) is 4.90. The summed E-state index contributed by atoms with van der Waals surface area (Å²) in [7, 11) is -0.284. The Morgan fingerprint density at radius 3 is 2.46 bits per heavy atom. The predicted molar refractivity (Wildman–Crippen MR) is 192 cm³/mol. The van der Waals surface area contributed by atoms with E-state index in [0.29, 0.717) is 31.1 Å². The number of methoxy groups -OCH3 is 1. The lowest BCUT2D eigenvalue weighted by Gasteiger charge is -2.36. The molecule has 9 nitrogen and oxygen atoms in total. The van der Waals surface area contributed by atoms with Crippen LogP contribution in [0.4, 0.5) is 5.69 Å². The van der Waals surface area contributed by atoms with Gasteiger partial charge < -0.3 is 24.8 Å². The van der Waals surface area contributed by atoms with Crippen molar-refractivity contribution in [1.29, 1.82) is 0 Å². The van der Waals surface area contributed by atoms with E-state index in [1.807, 2.05) is 46.1 Å². The number of ether oxygens (including phenoxy) is 2. The van der Waals surface area contributed by atoms with Crippen LogP contribution in [0.2, 0.25) is 18.6 Å². The first-order valence-corrected chi connectivity index (χ1v) is 20.3. The second kappa shape index (κ2) is 15.2. The molecule has 3 aromatic carbocycles. The Bertz CT molecular complexity index is 1630. The summed E-state index contributed by atoms with van der Waals surface area (Å²) in [4.78, 5) is 14.2. The summed E-state index contributed by atoms with van der Waals surface area (Å²) in [5.41, 5.74) is 4.44. The Hall–Kier alpha value is -3.83. The van der Waals surface area contributed by atoms with Gasteiger partial charge >= 0.3 is 0 Å². The number of rotatable bonds is 13. The topological polar surface area (TPSA) is 102 Å².